The van der Waals surface area contributed by atoms with Gasteiger partial charge in [-0.25, -0.2) is 0 Å². The van der Waals surface area contributed by atoms with E-state index in [-0.39, 0.29) is 31.1 Å². The van der Waals surface area contributed by atoms with E-state index in [0.717, 1.165) is 122 Å². The third-order valence-electron chi connectivity index (χ3n) is 12.5. The molecule has 0 aromatic heterocycles. The molecule has 0 rings (SSSR count). The Balaban J connectivity index is 4.42. The molecule has 410 valence electrons. The van der Waals surface area contributed by atoms with E-state index in [9.17, 15) is 14.4 Å². The molecule has 0 saturated carbocycles. The van der Waals surface area contributed by atoms with Crippen molar-refractivity contribution in [1.82, 2.24) is 0 Å². The molecule has 1 atom stereocenters. The van der Waals surface area contributed by atoms with Crippen molar-refractivity contribution in [1.29, 1.82) is 0 Å². The van der Waals surface area contributed by atoms with E-state index < -0.39 is 6.10 Å². The maximum Gasteiger partial charge on any atom is 0.306 e. The van der Waals surface area contributed by atoms with E-state index >= 15 is 0 Å². The van der Waals surface area contributed by atoms with Gasteiger partial charge in [0.15, 0.2) is 6.10 Å². The summed E-state index contributed by atoms with van der Waals surface area (Å²) in [5, 5.41) is 0. The number of unbranched alkanes of at least 4 members (excludes halogenated alkanes) is 24. The summed E-state index contributed by atoms with van der Waals surface area (Å²) in [7, 11) is 0. The summed E-state index contributed by atoms with van der Waals surface area (Å²) in [5.41, 5.74) is 0. The van der Waals surface area contributed by atoms with Crippen LogP contribution >= 0.6 is 0 Å². The van der Waals surface area contributed by atoms with Gasteiger partial charge in [0.05, 0.1) is 0 Å². The molecule has 0 bridgehead atoms. The molecular weight excluding hydrogens is 889 g/mol. The van der Waals surface area contributed by atoms with Gasteiger partial charge in [0, 0.05) is 19.3 Å². The lowest BCUT2D eigenvalue weighted by atomic mass is 10.0. The summed E-state index contributed by atoms with van der Waals surface area (Å²) < 4.78 is 16.8. The van der Waals surface area contributed by atoms with Crippen LogP contribution in [-0.2, 0) is 28.6 Å². The predicted molar refractivity (Wildman–Crippen MR) is 311 cm³/mol. The van der Waals surface area contributed by atoms with Gasteiger partial charge < -0.3 is 14.2 Å². The Kier molecular flexibility index (Phi) is 56.4. The second-order valence-electron chi connectivity index (χ2n) is 19.5. The first-order valence-electron chi connectivity index (χ1n) is 29.9. The van der Waals surface area contributed by atoms with Gasteiger partial charge in [-0.15, -0.1) is 0 Å². The van der Waals surface area contributed by atoms with Crippen molar-refractivity contribution in [3.05, 3.63) is 109 Å². The van der Waals surface area contributed by atoms with Gasteiger partial charge in [-0.1, -0.05) is 252 Å². The highest BCUT2D eigenvalue weighted by Gasteiger charge is 2.19. The zero-order valence-corrected chi connectivity index (χ0v) is 46.9. The number of hydrogen-bond acceptors (Lipinski definition) is 6. The third-order valence-corrected chi connectivity index (χ3v) is 12.5. The van der Waals surface area contributed by atoms with E-state index in [1.54, 1.807) is 0 Å². The van der Waals surface area contributed by atoms with Crippen LogP contribution in [0.3, 0.4) is 0 Å². The van der Waals surface area contributed by atoms with Gasteiger partial charge in [-0.2, -0.15) is 0 Å². The maximum atomic E-state index is 12.9. The zero-order chi connectivity index (χ0) is 52.2. The fourth-order valence-electron chi connectivity index (χ4n) is 8.04. The highest BCUT2D eigenvalue weighted by molar-refractivity contribution is 5.71. The lowest BCUT2D eigenvalue weighted by Gasteiger charge is -2.18. The fourth-order valence-corrected chi connectivity index (χ4v) is 8.04. The van der Waals surface area contributed by atoms with E-state index in [4.69, 9.17) is 14.2 Å². The molecule has 0 radical (unpaired) electrons. The number of esters is 3. The average Bonchev–Trinajstić information content (AvgIpc) is 3.38. The second-order valence-corrected chi connectivity index (χ2v) is 19.5. The molecule has 6 nitrogen and oxygen atoms in total. The van der Waals surface area contributed by atoms with Crippen LogP contribution in [0, 0.1) is 0 Å². The largest absolute Gasteiger partial charge is 0.462 e. The minimum absolute atomic E-state index is 0.0913. The molecule has 1 unspecified atom stereocenters. The lowest BCUT2D eigenvalue weighted by Crippen LogP contribution is -2.30. The van der Waals surface area contributed by atoms with Crippen LogP contribution in [0.2, 0.25) is 0 Å². The van der Waals surface area contributed by atoms with E-state index in [0.29, 0.717) is 19.3 Å². The van der Waals surface area contributed by atoms with Crippen molar-refractivity contribution >= 4 is 17.9 Å². The summed E-state index contributed by atoms with van der Waals surface area (Å²) in [6.07, 6.45) is 80.8. The number of hydrogen-bond donors (Lipinski definition) is 0. The molecule has 0 aliphatic heterocycles. The molecule has 0 fully saturated rings. The van der Waals surface area contributed by atoms with Gasteiger partial charge in [0.1, 0.15) is 13.2 Å². The van der Waals surface area contributed by atoms with Gasteiger partial charge in [-0.05, 0) is 109 Å². The van der Waals surface area contributed by atoms with Crippen molar-refractivity contribution in [2.45, 2.75) is 277 Å². The van der Waals surface area contributed by atoms with Crippen molar-refractivity contribution in [3.8, 4) is 0 Å². The number of rotatable bonds is 53. The van der Waals surface area contributed by atoms with E-state index in [1.165, 1.54) is 109 Å². The molecule has 0 heterocycles. The Morgan fingerprint density at radius 1 is 0.292 bits per heavy atom. The third kappa shape index (κ3) is 57.0. The Morgan fingerprint density at radius 3 is 0.889 bits per heavy atom. The first-order valence-corrected chi connectivity index (χ1v) is 29.9. The summed E-state index contributed by atoms with van der Waals surface area (Å²) in [6, 6.07) is 0. The second kappa shape index (κ2) is 59.6. The van der Waals surface area contributed by atoms with Crippen LogP contribution < -0.4 is 0 Å². The Bertz CT molecular complexity index is 1470. The quantitative estimate of drug-likeness (QED) is 0.0261. The van der Waals surface area contributed by atoms with Crippen molar-refractivity contribution < 1.29 is 28.6 Å². The minimum Gasteiger partial charge on any atom is -0.462 e. The normalized spacial score (nSPS) is 12.9. The smallest absolute Gasteiger partial charge is 0.306 e. The van der Waals surface area contributed by atoms with Crippen LogP contribution in [0.4, 0.5) is 0 Å². The summed E-state index contributed by atoms with van der Waals surface area (Å²) in [5.74, 6) is -0.930. The van der Waals surface area contributed by atoms with Gasteiger partial charge in [0.2, 0.25) is 0 Å². The molecule has 0 spiro atoms. The lowest BCUT2D eigenvalue weighted by molar-refractivity contribution is -0.167. The van der Waals surface area contributed by atoms with Crippen LogP contribution in [0.1, 0.15) is 271 Å². The topological polar surface area (TPSA) is 78.9 Å². The first kappa shape index (κ1) is 68.1. The van der Waals surface area contributed by atoms with Crippen LogP contribution in [0.25, 0.3) is 0 Å². The number of carbonyl (C=O) groups is 3. The van der Waals surface area contributed by atoms with Crippen molar-refractivity contribution in [2.24, 2.45) is 0 Å². The molecule has 0 N–H and O–H groups in total. The fraction of sp³-hybridized carbons (Fsp3) is 0.682. The van der Waals surface area contributed by atoms with Gasteiger partial charge in [-0.3, -0.25) is 14.4 Å². The Labute approximate surface area is 444 Å². The van der Waals surface area contributed by atoms with Crippen molar-refractivity contribution in [3.63, 3.8) is 0 Å². The molecular formula is C66H110O6. The predicted octanol–water partition coefficient (Wildman–Crippen LogP) is 20.3. The molecule has 0 aliphatic rings. The SMILES string of the molecule is CC/C=C\C/C=C\C/C=C\C/C=C\C/C=C\C/C=C\C/C=C\CCCCCC(=O)OCC(COC(=O)CCCCCCCCCCCCCC)OC(=O)CCCCCCCCC/C=C\C/C=C\CCCCC. The number of ether oxygens (including phenoxy) is 3. The monoisotopic (exact) mass is 999 g/mol. The van der Waals surface area contributed by atoms with Crippen LogP contribution in [0.15, 0.2) is 109 Å². The van der Waals surface area contributed by atoms with Gasteiger partial charge in [0.25, 0.3) is 0 Å². The van der Waals surface area contributed by atoms with Crippen LogP contribution in [-0.4, -0.2) is 37.2 Å². The Hall–Kier alpha value is -3.93. The van der Waals surface area contributed by atoms with Crippen LogP contribution in [0.5, 0.6) is 0 Å². The molecule has 6 heteroatoms. The summed E-state index contributed by atoms with van der Waals surface area (Å²) in [6.45, 7) is 6.47. The average molecular weight is 1000 g/mol. The standard InChI is InChI=1S/C66H110O6/c1-4-7-10-13-16-19-22-25-27-29-30-31-32-33-34-35-36-38-39-41-44-47-50-53-56-59-65(68)71-62-63(61-70-64(67)58-55-52-49-46-43-24-21-18-15-12-9-6-3)72-66(69)60-57-54-51-48-45-42-40-37-28-26-23-20-17-14-11-8-5-2/h7,10,16-17,19-20,25-28,30-31,33-34,36,38,41,44,63H,4-6,8-9,11-15,18,21-24,29,32,35,37,39-40,42-43,45-62H2,1-3H3/b10-7-,19-16-,20-17-,27-25-,28-26-,31-30-,34-33-,38-36-,44-41-. The molecule has 0 saturated heterocycles. The highest BCUT2D eigenvalue weighted by atomic mass is 16.6. The highest BCUT2D eigenvalue weighted by Crippen LogP contribution is 2.15. The zero-order valence-electron chi connectivity index (χ0n) is 46.9. The van der Waals surface area contributed by atoms with E-state index in [2.05, 4.69) is 130 Å². The Morgan fingerprint density at radius 2 is 0.542 bits per heavy atom. The van der Waals surface area contributed by atoms with Gasteiger partial charge >= 0.3 is 17.9 Å². The summed E-state index contributed by atoms with van der Waals surface area (Å²) in [4.78, 5) is 38.2. The summed E-state index contributed by atoms with van der Waals surface area (Å²) >= 11 is 0. The number of allylic oxidation sites excluding steroid dienone is 18. The molecule has 0 aromatic rings. The minimum atomic E-state index is -0.797. The number of carbonyl (C=O) groups excluding carboxylic acids is 3. The first-order chi connectivity index (χ1) is 35.5. The molecule has 72 heavy (non-hydrogen) atoms. The molecule has 0 aliphatic carbocycles. The van der Waals surface area contributed by atoms with Crippen molar-refractivity contribution in [2.75, 3.05) is 13.2 Å². The molecule has 0 amide bonds. The maximum absolute atomic E-state index is 12.9. The molecule has 0 aromatic carbocycles. The van der Waals surface area contributed by atoms with E-state index in [1.807, 2.05) is 0 Å².